The van der Waals surface area contributed by atoms with Crippen molar-refractivity contribution in [2.45, 2.75) is 12.3 Å². The molecule has 0 radical (unpaired) electrons. The number of benzene rings is 3. The number of carbonyl (C=O) groups is 2. The van der Waals surface area contributed by atoms with Gasteiger partial charge >= 0.3 is 5.97 Å². The summed E-state index contributed by atoms with van der Waals surface area (Å²) in [6.45, 7) is 0. The van der Waals surface area contributed by atoms with Crippen molar-refractivity contribution in [2.24, 2.45) is 0 Å². The molecule has 3 aromatic carbocycles. The fourth-order valence-corrected chi connectivity index (χ4v) is 4.40. The maximum absolute atomic E-state index is 13.2. The van der Waals surface area contributed by atoms with Crippen molar-refractivity contribution in [1.29, 1.82) is 0 Å². The molecular formula is C27H22O8. The predicted molar refractivity (Wildman–Crippen MR) is 126 cm³/mol. The van der Waals surface area contributed by atoms with E-state index in [0.29, 0.717) is 39.7 Å². The molecule has 0 aliphatic carbocycles. The molecule has 0 saturated carbocycles. The Morgan fingerprint density at radius 1 is 0.886 bits per heavy atom. The average Bonchev–Trinajstić information content (AvgIpc) is 3.18. The number of esters is 1. The Balaban J connectivity index is 1.58. The van der Waals surface area contributed by atoms with Crippen LogP contribution in [0.1, 0.15) is 39.4 Å². The lowest BCUT2D eigenvalue weighted by Crippen LogP contribution is -2.21. The number of Topliss-reactive ketones (excluding diaryl/α,β-unsaturated/α-hetero) is 1. The molecule has 0 spiro atoms. The van der Waals surface area contributed by atoms with E-state index in [9.17, 15) is 14.7 Å². The van der Waals surface area contributed by atoms with Gasteiger partial charge in [-0.2, -0.15) is 0 Å². The van der Waals surface area contributed by atoms with Gasteiger partial charge in [0.25, 0.3) is 0 Å². The van der Waals surface area contributed by atoms with Crippen LogP contribution in [-0.4, -0.2) is 38.2 Å². The molecule has 0 aromatic heterocycles. The molecule has 1 N–H and O–H groups in total. The van der Waals surface area contributed by atoms with Gasteiger partial charge in [0.05, 0.1) is 33.3 Å². The van der Waals surface area contributed by atoms with Crippen molar-refractivity contribution in [1.82, 2.24) is 0 Å². The molecule has 0 fully saturated rings. The molecule has 0 amide bonds. The van der Waals surface area contributed by atoms with Crippen LogP contribution in [0.3, 0.4) is 0 Å². The molecule has 0 saturated heterocycles. The molecule has 178 valence electrons. The zero-order chi connectivity index (χ0) is 24.7. The first-order chi connectivity index (χ1) is 16.9. The first-order valence-corrected chi connectivity index (χ1v) is 10.8. The first kappa shape index (κ1) is 22.3. The third kappa shape index (κ3) is 3.82. The van der Waals surface area contributed by atoms with Gasteiger partial charge in [-0.25, -0.2) is 0 Å². The molecular weight excluding hydrogens is 452 g/mol. The summed E-state index contributed by atoms with van der Waals surface area (Å²) in [7, 11) is 4.53. The number of ether oxygens (including phenoxy) is 5. The summed E-state index contributed by atoms with van der Waals surface area (Å²) in [6, 6.07) is 13.4. The Morgan fingerprint density at radius 3 is 2.40 bits per heavy atom. The lowest BCUT2D eigenvalue weighted by Gasteiger charge is -2.26. The second kappa shape index (κ2) is 8.72. The van der Waals surface area contributed by atoms with Gasteiger partial charge in [0.15, 0.2) is 28.8 Å². The Bertz CT molecular complexity index is 1390. The number of ketones is 1. The van der Waals surface area contributed by atoms with Crippen LogP contribution in [0, 0.1) is 0 Å². The van der Waals surface area contributed by atoms with E-state index >= 15 is 0 Å². The molecule has 1 atom stereocenters. The molecule has 2 heterocycles. The number of phenolic OH excluding ortho intramolecular Hbond substituents is 1. The fraction of sp³-hybridized carbons (Fsp3) is 0.185. The molecule has 3 aromatic rings. The summed E-state index contributed by atoms with van der Waals surface area (Å²) >= 11 is 0. The zero-order valence-electron chi connectivity index (χ0n) is 19.3. The van der Waals surface area contributed by atoms with Crippen molar-refractivity contribution in [3.63, 3.8) is 0 Å². The quantitative estimate of drug-likeness (QED) is 0.328. The van der Waals surface area contributed by atoms with E-state index in [1.807, 2.05) is 0 Å². The number of allylic oxidation sites excluding steroid dienone is 1. The van der Waals surface area contributed by atoms with Crippen molar-refractivity contribution >= 4 is 17.8 Å². The number of hydrogen-bond donors (Lipinski definition) is 1. The molecule has 8 nitrogen and oxygen atoms in total. The minimum absolute atomic E-state index is 0.0142. The number of carbonyl (C=O) groups excluding carboxylic acids is 2. The standard InChI is InChI=1S/C27H22O8/c1-31-19-8-4-14(10-22(19)33-3)11-23-26(30)16-6-9-20-25(27(16)35-23)17(13-24(29)34-20)15-5-7-18(28)21(12-15)32-2/h4-12,17,28H,13H2,1-3H3. The maximum Gasteiger partial charge on any atom is 0.312 e. The summed E-state index contributed by atoms with van der Waals surface area (Å²) in [5.74, 6) is 1.04. The number of hydrogen-bond acceptors (Lipinski definition) is 8. The average molecular weight is 474 g/mol. The highest BCUT2D eigenvalue weighted by Crippen LogP contribution is 2.49. The van der Waals surface area contributed by atoms with Crippen LogP contribution in [0.5, 0.6) is 34.5 Å². The lowest BCUT2D eigenvalue weighted by atomic mass is 9.84. The number of aromatic hydroxyl groups is 1. The summed E-state index contributed by atoms with van der Waals surface area (Å²) in [5.41, 5.74) is 2.39. The summed E-state index contributed by atoms with van der Waals surface area (Å²) < 4.78 is 27.4. The van der Waals surface area contributed by atoms with Gasteiger partial charge in [0.2, 0.25) is 5.78 Å². The Labute approximate surface area is 201 Å². The Morgan fingerprint density at radius 2 is 1.66 bits per heavy atom. The minimum atomic E-state index is -0.455. The summed E-state index contributed by atoms with van der Waals surface area (Å²) in [6.07, 6.45) is 1.67. The van der Waals surface area contributed by atoms with Crippen LogP contribution in [0.2, 0.25) is 0 Å². The molecule has 5 rings (SSSR count). The summed E-state index contributed by atoms with van der Waals surface area (Å²) in [5, 5.41) is 10.0. The third-order valence-corrected chi connectivity index (χ3v) is 6.09. The van der Waals surface area contributed by atoms with Crippen LogP contribution in [0.25, 0.3) is 6.08 Å². The Kier molecular flexibility index (Phi) is 5.56. The lowest BCUT2D eigenvalue weighted by molar-refractivity contribution is -0.135. The van der Waals surface area contributed by atoms with Crippen molar-refractivity contribution < 1.29 is 38.4 Å². The number of phenols is 1. The zero-order valence-corrected chi connectivity index (χ0v) is 19.3. The van der Waals surface area contributed by atoms with Crippen molar-refractivity contribution in [3.05, 3.63) is 76.5 Å². The van der Waals surface area contributed by atoms with Gasteiger partial charge in [-0.1, -0.05) is 12.1 Å². The number of methoxy groups -OCH3 is 3. The van der Waals surface area contributed by atoms with Crippen LogP contribution in [0.15, 0.2) is 54.3 Å². The highest BCUT2D eigenvalue weighted by Gasteiger charge is 2.38. The smallest absolute Gasteiger partial charge is 0.312 e. The first-order valence-electron chi connectivity index (χ1n) is 10.8. The van der Waals surface area contributed by atoms with E-state index in [1.54, 1.807) is 55.7 Å². The van der Waals surface area contributed by atoms with Crippen molar-refractivity contribution in [2.75, 3.05) is 21.3 Å². The molecule has 0 bridgehead atoms. The highest BCUT2D eigenvalue weighted by molar-refractivity contribution is 6.15. The summed E-state index contributed by atoms with van der Waals surface area (Å²) in [4.78, 5) is 25.6. The van der Waals surface area contributed by atoms with Crippen LogP contribution >= 0.6 is 0 Å². The van der Waals surface area contributed by atoms with Crippen LogP contribution < -0.4 is 23.7 Å². The van der Waals surface area contributed by atoms with E-state index in [0.717, 1.165) is 5.56 Å². The minimum Gasteiger partial charge on any atom is -0.504 e. The SMILES string of the molecule is COc1cc(C2CC(=O)Oc3ccc4c(c32)OC(=Cc2ccc(OC)c(OC)c2)C4=O)ccc1O. The highest BCUT2D eigenvalue weighted by atomic mass is 16.5. The van der Waals surface area contributed by atoms with E-state index in [2.05, 4.69) is 0 Å². The van der Waals surface area contributed by atoms with Crippen molar-refractivity contribution in [3.8, 4) is 34.5 Å². The van der Waals surface area contributed by atoms with Gasteiger partial charge < -0.3 is 28.8 Å². The van der Waals surface area contributed by atoms with E-state index in [-0.39, 0.29) is 29.5 Å². The molecule has 2 aliphatic heterocycles. The maximum atomic E-state index is 13.2. The van der Waals surface area contributed by atoms with E-state index in [1.165, 1.54) is 20.3 Å². The normalized spacial score (nSPS) is 17.3. The van der Waals surface area contributed by atoms with Gasteiger partial charge in [0.1, 0.15) is 11.5 Å². The fourth-order valence-electron chi connectivity index (χ4n) is 4.40. The third-order valence-electron chi connectivity index (χ3n) is 6.09. The van der Waals surface area contributed by atoms with Gasteiger partial charge in [-0.3, -0.25) is 9.59 Å². The monoisotopic (exact) mass is 474 g/mol. The Hall–Kier alpha value is -4.46. The largest absolute Gasteiger partial charge is 0.504 e. The molecule has 1 unspecified atom stereocenters. The predicted octanol–water partition coefficient (Wildman–Crippen LogP) is 4.48. The van der Waals surface area contributed by atoms with E-state index < -0.39 is 11.9 Å². The van der Waals surface area contributed by atoms with E-state index in [4.69, 9.17) is 23.7 Å². The van der Waals surface area contributed by atoms with Crippen LogP contribution in [0.4, 0.5) is 0 Å². The van der Waals surface area contributed by atoms with Gasteiger partial charge in [-0.05, 0) is 53.6 Å². The number of rotatable bonds is 5. The second-order valence-corrected chi connectivity index (χ2v) is 8.07. The molecule has 35 heavy (non-hydrogen) atoms. The second-order valence-electron chi connectivity index (χ2n) is 8.07. The van der Waals surface area contributed by atoms with Crippen LogP contribution in [-0.2, 0) is 4.79 Å². The topological polar surface area (TPSA) is 101 Å². The van der Waals surface area contributed by atoms with Gasteiger partial charge in [0, 0.05) is 11.5 Å². The number of fused-ring (bicyclic) bond motifs is 3. The van der Waals surface area contributed by atoms with Gasteiger partial charge in [-0.15, -0.1) is 0 Å². The molecule has 8 heteroatoms. The molecule has 2 aliphatic rings.